The lowest BCUT2D eigenvalue weighted by Gasteiger charge is -2.35. The number of cyclic esters (lactones) is 4. The lowest BCUT2D eigenvalue weighted by Crippen LogP contribution is -2.55. The van der Waals surface area contributed by atoms with E-state index in [2.05, 4.69) is 0 Å². The fraction of sp³-hybridized carbons (Fsp3) is 0.552. The first-order valence-corrected chi connectivity index (χ1v) is 25.9. The summed E-state index contributed by atoms with van der Waals surface area (Å²) in [7, 11) is 5.44. The molecule has 0 aromatic heterocycles. The second kappa shape index (κ2) is 29.7. The Morgan fingerprint density at radius 2 is 0.684 bits per heavy atom. The summed E-state index contributed by atoms with van der Waals surface area (Å²) in [6.07, 6.45) is -0.427. The molecule has 2 aromatic carbocycles. The molecule has 8 atom stereocenters. The number of nitrogens with zero attached hydrogens (tertiary/aromatic N) is 6. The average molecular weight is 1050 g/mol. The number of allylic oxidation sites excluding steroid dienone is 2. The Labute approximate surface area is 448 Å². The third-order valence-corrected chi connectivity index (χ3v) is 13.0. The van der Waals surface area contributed by atoms with Crippen LogP contribution in [0.15, 0.2) is 60.7 Å². The van der Waals surface area contributed by atoms with Crippen molar-refractivity contribution in [1.82, 2.24) is 19.6 Å². The van der Waals surface area contributed by atoms with Crippen LogP contribution >= 0.6 is 0 Å². The van der Waals surface area contributed by atoms with E-state index in [1.165, 1.54) is 54.2 Å². The molecule has 1 heterocycles. The van der Waals surface area contributed by atoms with Crippen molar-refractivity contribution in [1.29, 1.82) is 10.5 Å². The van der Waals surface area contributed by atoms with E-state index < -0.39 is 96.1 Å². The molecule has 76 heavy (non-hydrogen) atoms. The van der Waals surface area contributed by atoms with Crippen LogP contribution in [-0.2, 0) is 70.1 Å². The van der Waals surface area contributed by atoms with Crippen molar-refractivity contribution < 1.29 is 57.3 Å². The predicted octanol–water partition coefficient (Wildman–Crippen LogP) is 6.74. The van der Waals surface area contributed by atoms with Crippen LogP contribution in [0.5, 0.6) is 0 Å². The number of likely N-dealkylation sites (N-methyl/N-ethyl adjacent to an activating group) is 4. The lowest BCUT2D eigenvalue weighted by molar-refractivity contribution is -0.176. The zero-order chi connectivity index (χ0) is 57.1. The molecule has 0 N–H and O–H groups in total. The Bertz CT molecular complexity index is 2300. The Kier molecular flexibility index (Phi) is 24.6. The van der Waals surface area contributed by atoms with Gasteiger partial charge >= 0.3 is 23.9 Å². The number of carbonyl (C=O) groups is 8. The fourth-order valence-electron chi connectivity index (χ4n) is 8.71. The molecule has 0 bridgehead atoms. The van der Waals surface area contributed by atoms with Crippen LogP contribution in [-0.4, -0.2) is 144 Å². The summed E-state index contributed by atoms with van der Waals surface area (Å²) < 4.78 is 23.9. The molecular formula is C58H78N6O12. The van der Waals surface area contributed by atoms with Crippen molar-refractivity contribution in [2.45, 2.75) is 156 Å². The van der Waals surface area contributed by atoms with Gasteiger partial charge in [0.05, 0.1) is 12.1 Å². The van der Waals surface area contributed by atoms with Gasteiger partial charge in [0, 0.05) is 53.2 Å². The SMILES string of the molecule is CC(C)CC1C(=O)OC(Cc2ccc(C=CC#N)cc2)C(=O)N(C)C(CC(C)C)C(=O)OC(C)C(=O)N(C)C(CC(C)C)C(=O)OC(Cc2ccc(C=CC#N)cc2)C(=O)N(C)C(CC(C)C)C(=O)OC(C)C(=O)N1C. The predicted molar refractivity (Wildman–Crippen MR) is 285 cm³/mol. The van der Waals surface area contributed by atoms with Crippen molar-refractivity contribution in [3.8, 4) is 12.1 Å². The molecule has 1 fully saturated rings. The lowest BCUT2D eigenvalue weighted by atomic mass is 9.99. The molecule has 1 aliphatic heterocycles. The Morgan fingerprint density at radius 3 is 0.934 bits per heavy atom. The third kappa shape index (κ3) is 18.5. The molecule has 1 saturated heterocycles. The van der Waals surface area contributed by atoms with E-state index in [0.29, 0.717) is 22.3 Å². The van der Waals surface area contributed by atoms with Gasteiger partial charge in [-0.3, -0.25) is 19.2 Å². The van der Waals surface area contributed by atoms with Gasteiger partial charge in [-0.15, -0.1) is 0 Å². The maximum Gasteiger partial charge on any atom is 0.329 e. The number of amides is 4. The number of hydrogen-bond acceptors (Lipinski definition) is 14. The van der Waals surface area contributed by atoms with Crippen LogP contribution in [0.2, 0.25) is 0 Å². The van der Waals surface area contributed by atoms with Crippen molar-refractivity contribution in [3.63, 3.8) is 0 Å². The normalized spacial score (nSPS) is 23.8. The molecule has 18 heteroatoms. The zero-order valence-corrected chi connectivity index (χ0v) is 46.7. The highest BCUT2D eigenvalue weighted by molar-refractivity contribution is 5.94. The van der Waals surface area contributed by atoms with E-state index in [0.717, 1.165) is 19.6 Å². The number of ether oxygens (including phenoxy) is 4. The van der Waals surface area contributed by atoms with Crippen molar-refractivity contribution in [2.24, 2.45) is 23.7 Å². The Hall–Kier alpha value is -7.34. The summed E-state index contributed by atoms with van der Waals surface area (Å²) in [4.78, 5) is 121. The summed E-state index contributed by atoms with van der Waals surface area (Å²) in [5.41, 5.74) is 2.49. The minimum Gasteiger partial charge on any atom is -0.451 e. The van der Waals surface area contributed by atoms with Gasteiger partial charge in [-0.05, 0) is 97.6 Å². The summed E-state index contributed by atoms with van der Waals surface area (Å²) in [6.45, 7) is 17.3. The smallest absolute Gasteiger partial charge is 0.329 e. The van der Waals surface area contributed by atoms with Crippen LogP contribution in [0.25, 0.3) is 12.2 Å². The molecule has 0 aliphatic carbocycles. The first-order valence-electron chi connectivity index (χ1n) is 25.9. The molecule has 412 valence electrons. The van der Waals surface area contributed by atoms with Crippen LogP contribution < -0.4 is 0 Å². The van der Waals surface area contributed by atoms with Crippen LogP contribution in [0, 0.1) is 46.3 Å². The molecule has 1 aliphatic rings. The first-order chi connectivity index (χ1) is 35.7. The molecule has 0 saturated carbocycles. The maximum absolute atomic E-state index is 14.8. The first kappa shape index (κ1) is 63.0. The Balaban J connectivity index is 2.28. The van der Waals surface area contributed by atoms with Gasteiger partial charge in [-0.2, -0.15) is 10.5 Å². The second-order valence-electron chi connectivity index (χ2n) is 21.2. The summed E-state index contributed by atoms with van der Waals surface area (Å²) >= 11 is 0. The van der Waals surface area contributed by atoms with Crippen molar-refractivity contribution in [2.75, 3.05) is 28.2 Å². The standard InChI is InChI=1S/C58H78N6O12/c1-35(2)29-45-55(69)73-39(9)51(65)61(11)48(32-38(7)8)58(72)76-50(34-44-25-21-42(22-26-44)18-16-28-60)54(68)64(14)46(30-36(3)4)56(70)74-40(10)52(66)62(12)47(31-37(5)6)57(71)75-49(53(67)63(45)13)33-43-23-19-41(20-24-43)17-15-27-59/h15-26,35-40,45-50H,29-34H2,1-14H3. The van der Waals surface area contributed by atoms with Crippen molar-refractivity contribution >= 4 is 59.7 Å². The van der Waals surface area contributed by atoms with Gasteiger partial charge in [0.1, 0.15) is 24.2 Å². The summed E-state index contributed by atoms with van der Waals surface area (Å²) in [6, 6.07) is 12.3. The Morgan fingerprint density at radius 1 is 0.434 bits per heavy atom. The van der Waals surface area contributed by atoms with Crippen molar-refractivity contribution in [3.05, 3.63) is 82.9 Å². The molecular weight excluding hydrogens is 973 g/mol. The van der Waals surface area contributed by atoms with E-state index in [-0.39, 0.29) is 62.2 Å². The van der Waals surface area contributed by atoms with Gasteiger partial charge < -0.3 is 38.5 Å². The zero-order valence-electron chi connectivity index (χ0n) is 46.7. The summed E-state index contributed by atoms with van der Waals surface area (Å²) in [5.74, 6) is -7.73. The number of hydrogen-bond donors (Lipinski definition) is 0. The van der Waals surface area contributed by atoms with Gasteiger partial charge in [0.15, 0.2) is 24.4 Å². The third-order valence-electron chi connectivity index (χ3n) is 13.0. The minimum absolute atomic E-state index is 0.0612. The van der Waals surface area contributed by atoms with E-state index in [1.807, 2.05) is 67.5 Å². The quantitative estimate of drug-likeness (QED) is 0.108. The highest BCUT2D eigenvalue weighted by Gasteiger charge is 2.43. The van der Waals surface area contributed by atoms with Crippen LogP contribution in [0.3, 0.4) is 0 Å². The highest BCUT2D eigenvalue weighted by Crippen LogP contribution is 2.25. The minimum atomic E-state index is -1.56. The molecule has 2 aromatic rings. The highest BCUT2D eigenvalue weighted by atomic mass is 16.6. The van der Waals surface area contributed by atoms with E-state index >= 15 is 0 Å². The van der Waals surface area contributed by atoms with Gasteiger partial charge in [-0.1, -0.05) is 104 Å². The largest absolute Gasteiger partial charge is 0.451 e. The number of esters is 4. The molecule has 3 rings (SSSR count). The van der Waals surface area contributed by atoms with Gasteiger partial charge in [-0.25, -0.2) is 19.2 Å². The second-order valence-corrected chi connectivity index (χ2v) is 21.2. The van der Waals surface area contributed by atoms with Crippen LogP contribution in [0.4, 0.5) is 0 Å². The van der Waals surface area contributed by atoms with E-state index in [1.54, 1.807) is 60.7 Å². The molecule has 0 radical (unpaired) electrons. The fourth-order valence-corrected chi connectivity index (χ4v) is 8.71. The van der Waals surface area contributed by atoms with Gasteiger partial charge in [0.25, 0.3) is 23.6 Å². The molecule has 0 spiro atoms. The topological polar surface area (TPSA) is 234 Å². The summed E-state index contributed by atoms with van der Waals surface area (Å²) in [5, 5.41) is 18.1. The number of nitriles is 2. The molecule has 4 amide bonds. The van der Waals surface area contributed by atoms with Gasteiger partial charge in [0.2, 0.25) is 0 Å². The van der Waals surface area contributed by atoms with E-state index in [9.17, 15) is 38.4 Å². The van der Waals surface area contributed by atoms with E-state index in [4.69, 9.17) is 29.5 Å². The number of carbonyl (C=O) groups excluding carboxylic acids is 8. The number of benzene rings is 2. The maximum atomic E-state index is 14.8. The average Bonchev–Trinajstić information content (AvgIpc) is 3.36. The molecule has 18 nitrogen and oxygen atoms in total. The number of rotatable bonds is 14. The monoisotopic (exact) mass is 1050 g/mol. The van der Waals surface area contributed by atoms with Crippen LogP contribution in [0.1, 0.15) is 117 Å². The molecule has 8 unspecified atom stereocenters.